The largest absolute Gasteiger partial charge is 0.397 e. The average molecular weight is 330 g/mol. The number of allylic oxidation sites excluding steroid dienone is 1. The van der Waals surface area contributed by atoms with E-state index in [1.165, 1.54) is 14.2 Å². The van der Waals surface area contributed by atoms with E-state index in [4.69, 9.17) is 8.85 Å². The van der Waals surface area contributed by atoms with Crippen molar-refractivity contribution in [2.75, 3.05) is 14.2 Å². The first-order valence-electron chi connectivity index (χ1n) is 6.61. The fourth-order valence-electron chi connectivity index (χ4n) is 2.06. The normalized spacial score (nSPS) is 14.5. The first kappa shape index (κ1) is 18.1. The van der Waals surface area contributed by atoms with Gasteiger partial charge in [0.25, 0.3) is 10.1 Å². The van der Waals surface area contributed by atoms with E-state index in [1.807, 2.05) is 42.5 Å². The Bertz CT molecular complexity index is 552. The van der Waals surface area contributed by atoms with Crippen molar-refractivity contribution in [2.45, 2.75) is 24.3 Å². The van der Waals surface area contributed by atoms with Crippen LogP contribution in [-0.4, -0.2) is 40.6 Å². The predicted octanol–water partition coefficient (Wildman–Crippen LogP) is 2.64. The van der Waals surface area contributed by atoms with Crippen LogP contribution in [0.4, 0.5) is 0 Å². The summed E-state index contributed by atoms with van der Waals surface area (Å²) in [6, 6.07) is 9.71. The molecule has 0 aromatic heterocycles. The molecule has 118 valence electrons. The third-order valence-corrected chi connectivity index (χ3v) is 9.67. The standard InChI is InChI=1S/C14H22O5SSi/c1-18-21(3,19-2)14(20(15,16)17)12-8-7-11-13-9-5-4-6-10-13/h4-7,9-11,14H,8,12H2,1-3H3,(H,15,16,17). The van der Waals surface area contributed by atoms with Gasteiger partial charge >= 0.3 is 8.56 Å². The van der Waals surface area contributed by atoms with Crippen molar-refractivity contribution < 1.29 is 21.8 Å². The Hall–Kier alpha value is -0.993. The van der Waals surface area contributed by atoms with Crippen LogP contribution >= 0.6 is 0 Å². The zero-order valence-corrected chi connectivity index (χ0v) is 14.3. The molecule has 1 aromatic carbocycles. The van der Waals surface area contributed by atoms with E-state index in [-0.39, 0.29) is 6.42 Å². The molecule has 0 aliphatic carbocycles. The van der Waals surface area contributed by atoms with Gasteiger partial charge in [-0.1, -0.05) is 42.5 Å². The molecule has 1 atom stereocenters. The maximum Gasteiger partial charge on any atom is 0.355 e. The predicted molar refractivity (Wildman–Crippen MR) is 85.7 cm³/mol. The molecule has 0 aliphatic rings. The molecule has 0 radical (unpaired) electrons. The van der Waals surface area contributed by atoms with E-state index in [1.54, 1.807) is 6.55 Å². The van der Waals surface area contributed by atoms with Crippen molar-refractivity contribution in [3.8, 4) is 0 Å². The van der Waals surface area contributed by atoms with Crippen LogP contribution in [0.15, 0.2) is 36.4 Å². The number of benzene rings is 1. The quantitative estimate of drug-likeness (QED) is 0.586. The molecule has 5 nitrogen and oxygen atoms in total. The Morgan fingerprint density at radius 2 is 1.81 bits per heavy atom. The van der Waals surface area contributed by atoms with Crippen LogP contribution in [0.25, 0.3) is 6.08 Å². The summed E-state index contributed by atoms with van der Waals surface area (Å²) in [5.41, 5.74) is 1.04. The average Bonchev–Trinajstić information content (AvgIpc) is 2.46. The molecule has 0 aliphatic heterocycles. The second-order valence-corrected chi connectivity index (χ2v) is 10.4. The topological polar surface area (TPSA) is 72.8 Å². The van der Waals surface area contributed by atoms with Crippen LogP contribution in [0.1, 0.15) is 18.4 Å². The SMILES string of the molecule is CO[Si](C)(OC)C(CCC=Cc1ccccc1)S(=O)(=O)O. The second-order valence-electron chi connectivity index (χ2n) is 4.82. The van der Waals surface area contributed by atoms with E-state index in [0.29, 0.717) is 6.42 Å². The third-order valence-electron chi connectivity index (χ3n) is 3.46. The lowest BCUT2D eigenvalue weighted by Gasteiger charge is -2.29. The Kier molecular flexibility index (Phi) is 6.76. The summed E-state index contributed by atoms with van der Waals surface area (Å²) in [7, 11) is -4.36. The van der Waals surface area contributed by atoms with Gasteiger partial charge in [-0.25, -0.2) is 0 Å². The molecule has 0 amide bonds. The molecule has 0 spiro atoms. The Labute approximate surface area is 127 Å². The van der Waals surface area contributed by atoms with Crippen molar-refractivity contribution in [1.82, 2.24) is 0 Å². The molecule has 1 unspecified atom stereocenters. The Balaban J connectivity index is 2.74. The monoisotopic (exact) mass is 330 g/mol. The van der Waals surface area contributed by atoms with Crippen LogP contribution in [-0.2, 0) is 19.0 Å². The van der Waals surface area contributed by atoms with Gasteiger partial charge in [0.1, 0.15) is 4.87 Å². The summed E-state index contributed by atoms with van der Waals surface area (Å²) >= 11 is 0. The minimum atomic E-state index is -4.21. The van der Waals surface area contributed by atoms with Crippen LogP contribution in [0.5, 0.6) is 0 Å². The van der Waals surface area contributed by atoms with Gasteiger partial charge < -0.3 is 8.85 Å². The highest BCUT2D eigenvalue weighted by molar-refractivity contribution is 7.88. The summed E-state index contributed by atoms with van der Waals surface area (Å²) in [6.07, 6.45) is 4.56. The maximum absolute atomic E-state index is 11.6. The molecular weight excluding hydrogens is 308 g/mol. The molecule has 1 N–H and O–H groups in total. The van der Waals surface area contributed by atoms with Gasteiger partial charge in [-0.05, 0) is 25.0 Å². The summed E-state index contributed by atoms with van der Waals surface area (Å²) in [6.45, 7) is 1.63. The van der Waals surface area contributed by atoms with Gasteiger partial charge in [0.15, 0.2) is 0 Å². The van der Waals surface area contributed by atoms with Crippen LogP contribution < -0.4 is 0 Å². The zero-order valence-electron chi connectivity index (χ0n) is 12.5. The van der Waals surface area contributed by atoms with E-state index >= 15 is 0 Å². The molecule has 0 saturated carbocycles. The first-order chi connectivity index (χ1) is 9.83. The highest BCUT2D eigenvalue weighted by Gasteiger charge is 2.46. The maximum atomic E-state index is 11.6. The highest BCUT2D eigenvalue weighted by atomic mass is 32.2. The van der Waals surface area contributed by atoms with Crippen molar-refractivity contribution in [2.24, 2.45) is 0 Å². The minimum Gasteiger partial charge on any atom is -0.397 e. The molecule has 0 saturated heterocycles. The van der Waals surface area contributed by atoms with Crippen molar-refractivity contribution in [3.05, 3.63) is 42.0 Å². The number of hydrogen-bond acceptors (Lipinski definition) is 4. The minimum absolute atomic E-state index is 0.257. The van der Waals surface area contributed by atoms with Gasteiger partial charge in [-0.2, -0.15) is 8.42 Å². The summed E-state index contributed by atoms with van der Waals surface area (Å²) in [4.78, 5) is -1.01. The Morgan fingerprint density at radius 1 is 1.24 bits per heavy atom. The van der Waals surface area contributed by atoms with E-state index in [9.17, 15) is 13.0 Å². The van der Waals surface area contributed by atoms with E-state index in [2.05, 4.69) is 0 Å². The lowest BCUT2D eigenvalue weighted by atomic mass is 10.2. The van der Waals surface area contributed by atoms with Gasteiger partial charge in [0.2, 0.25) is 0 Å². The van der Waals surface area contributed by atoms with Crippen LogP contribution in [0.3, 0.4) is 0 Å². The van der Waals surface area contributed by atoms with Gasteiger partial charge in [0, 0.05) is 14.2 Å². The molecule has 1 rings (SSSR count). The third kappa shape index (κ3) is 5.37. The Morgan fingerprint density at radius 3 is 2.29 bits per heavy atom. The molecule has 7 heteroatoms. The molecular formula is C14H22O5SSi. The van der Waals surface area contributed by atoms with E-state index in [0.717, 1.165) is 5.56 Å². The van der Waals surface area contributed by atoms with Crippen LogP contribution in [0, 0.1) is 0 Å². The van der Waals surface area contributed by atoms with E-state index < -0.39 is 23.6 Å². The van der Waals surface area contributed by atoms with Gasteiger partial charge in [-0.15, -0.1) is 0 Å². The smallest absolute Gasteiger partial charge is 0.355 e. The molecule has 21 heavy (non-hydrogen) atoms. The molecule has 0 heterocycles. The fourth-order valence-corrected chi connectivity index (χ4v) is 6.62. The lowest BCUT2D eigenvalue weighted by molar-refractivity contribution is 0.243. The van der Waals surface area contributed by atoms with Gasteiger partial charge in [0.05, 0.1) is 0 Å². The summed E-state index contributed by atoms with van der Waals surface area (Å²) in [5, 5.41) is 0. The molecule has 0 fully saturated rings. The van der Waals surface area contributed by atoms with Crippen LogP contribution in [0.2, 0.25) is 6.55 Å². The molecule has 0 bridgehead atoms. The first-order valence-corrected chi connectivity index (χ1v) is 10.5. The van der Waals surface area contributed by atoms with Crippen molar-refractivity contribution >= 4 is 24.8 Å². The summed E-state index contributed by atoms with van der Waals surface area (Å²) < 4.78 is 43.0. The summed E-state index contributed by atoms with van der Waals surface area (Å²) in [5.74, 6) is 0. The van der Waals surface area contributed by atoms with Gasteiger partial charge in [-0.3, -0.25) is 4.55 Å². The number of rotatable bonds is 8. The van der Waals surface area contributed by atoms with Crippen molar-refractivity contribution in [3.63, 3.8) is 0 Å². The fraction of sp³-hybridized carbons (Fsp3) is 0.429. The highest BCUT2D eigenvalue weighted by Crippen LogP contribution is 2.22. The second kappa shape index (κ2) is 7.86. The zero-order chi connectivity index (χ0) is 15.9. The van der Waals surface area contributed by atoms with Crippen molar-refractivity contribution in [1.29, 1.82) is 0 Å². The number of hydrogen-bond donors (Lipinski definition) is 1. The lowest BCUT2D eigenvalue weighted by Crippen LogP contribution is -2.53. The molecule has 1 aromatic rings.